The number of nitrogens with zero attached hydrogens (tertiary/aromatic N) is 2. The van der Waals surface area contributed by atoms with Gasteiger partial charge in [-0.1, -0.05) is 13.8 Å². The number of carbonyl (C=O) groups is 1. The molecule has 1 amide bonds. The SMILES string of the molecule is Cc1ccc(C(=O)N[C@H]2CN(CCS(C)(=O)=O)C[C@@H]2C(C)C)n1C.Cl. The lowest BCUT2D eigenvalue weighted by Gasteiger charge is -2.23. The van der Waals surface area contributed by atoms with Crippen molar-refractivity contribution in [2.45, 2.75) is 26.8 Å². The lowest BCUT2D eigenvalue weighted by Crippen LogP contribution is -2.42. The van der Waals surface area contributed by atoms with E-state index in [4.69, 9.17) is 0 Å². The van der Waals surface area contributed by atoms with Crippen LogP contribution in [0.1, 0.15) is 30.0 Å². The average molecular weight is 392 g/mol. The molecule has 0 radical (unpaired) electrons. The number of carbonyl (C=O) groups excluding carboxylic acids is 1. The van der Waals surface area contributed by atoms with Crippen LogP contribution in [0.5, 0.6) is 0 Å². The number of likely N-dealkylation sites (tertiary alicyclic amines) is 1. The van der Waals surface area contributed by atoms with Gasteiger partial charge in [-0.25, -0.2) is 8.42 Å². The van der Waals surface area contributed by atoms with E-state index in [2.05, 4.69) is 24.1 Å². The second-order valence-corrected chi connectivity index (χ2v) is 9.56. The largest absolute Gasteiger partial charge is 0.346 e. The van der Waals surface area contributed by atoms with Crippen LogP contribution in [-0.2, 0) is 16.9 Å². The number of hydrogen-bond acceptors (Lipinski definition) is 4. The van der Waals surface area contributed by atoms with Crippen molar-refractivity contribution in [3.8, 4) is 0 Å². The van der Waals surface area contributed by atoms with Crippen molar-refractivity contribution < 1.29 is 13.2 Å². The zero-order chi connectivity index (χ0) is 18.1. The van der Waals surface area contributed by atoms with Crippen LogP contribution < -0.4 is 5.32 Å². The smallest absolute Gasteiger partial charge is 0.268 e. The molecule has 2 rings (SSSR count). The van der Waals surface area contributed by atoms with Gasteiger partial charge in [0.2, 0.25) is 0 Å². The summed E-state index contributed by atoms with van der Waals surface area (Å²) in [5.41, 5.74) is 1.70. The zero-order valence-electron chi connectivity index (χ0n) is 15.7. The van der Waals surface area contributed by atoms with Crippen molar-refractivity contribution in [3.05, 3.63) is 23.5 Å². The first-order valence-corrected chi connectivity index (χ1v) is 10.5. The number of hydrogen-bond donors (Lipinski definition) is 1. The number of aromatic nitrogens is 1. The predicted octanol–water partition coefficient (Wildman–Crippen LogP) is 1.49. The first kappa shape index (κ1) is 22.0. The van der Waals surface area contributed by atoms with E-state index in [9.17, 15) is 13.2 Å². The molecule has 0 unspecified atom stereocenters. The Morgan fingerprint density at radius 2 is 1.96 bits per heavy atom. The fourth-order valence-electron chi connectivity index (χ4n) is 3.30. The quantitative estimate of drug-likeness (QED) is 0.797. The molecule has 8 heteroatoms. The molecule has 25 heavy (non-hydrogen) atoms. The molecule has 2 heterocycles. The summed E-state index contributed by atoms with van der Waals surface area (Å²) < 4.78 is 24.7. The summed E-state index contributed by atoms with van der Waals surface area (Å²) in [7, 11) is -1.08. The molecule has 6 nitrogen and oxygen atoms in total. The molecule has 2 atom stereocenters. The highest BCUT2D eigenvalue weighted by molar-refractivity contribution is 7.90. The van der Waals surface area contributed by atoms with E-state index in [1.807, 2.05) is 30.7 Å². The molecule has 0 bridgehead atoms. The van der Waals surface area contributed by atoms with Gasteiger partial charge in [0, 0.05) is 44.7 Å². The van der Waals surface area contributed by atoms with Gasteiger partial charge < -0.3 is 9.88 Å². The monoisotopic (exact) mass is 391 g/mol. The molecule has 1 saturated heterocycles. The minimum atomic E-state index is -2.97. The second kappa shape index (κ2) is 8.56. The Hall–Kier alpha value is -1.05. The Morgan fingerprint density at radius 3 is 2.44 bits per heavy atom. The summed E-state index contributed by atoms with van der Waals surface area (Å²) in [4.78, 5) is 14.7. The van der Waals surface area contributed by atoms with Crippen molar-refractivity contribution >= 4 is 28.2 Å². The molecule has 0 saturated carbocycles. The summed E-state index contributed by atoms with van der Waals surface area (Å²) in [6.07, 6.45) is 1.26. The fourth-order valence-corrected chi connectivity index (χ4v) is 3.89. The van der Waals surface area contributed by atoms with E-state index in [1.165, 1.54) is 6.26 Å². The number of halogens is 1. The molecule has 0 aromatic carbocycles. The highest BCUT2D eigenvalue weighted by Gasteiger charge is 2.36. The summed E-state index contributed by atoms with van der Waals surface area (Å²) >= 11 is 0. The van der Waals surface area contributed by atoms with E-state index in [0.29, 0.717) is 30.6 Å². The van der Waals surface area contributed by atoms with Gasteiger partial charge in [-0.15, -0.1) is 12.4 Å². The third-order valence-electron chi connectivity index (χ3n) is 5.00. The van der Waals surface area contributed by atoms with Gasteiger partial charge in [0.05, 0.1) is 5.75 Å². The summed E-state index contributed by atoms with van der Waals surface area (Å²) in [6, 6.07) is 3.82. The molecule has 144 valence electrons. The van der Waals surface area contributed by atoms with E-state index >= 15 is 0 Å². The Morgan fingerprint density at radius 1 is 1.32 bits per heavy atom. The number of amides is 1. The number of aryl methyl sites for hydroxylation is 1. The average Bonchev–Trinajstić information content (AvgIpc) is 3.01. The Labute approximate surface area is 157 Å². The molecule has 1 fully saturated rings. The summed E-state index contributed by atoms with van der Waals surface area (Å²) in [6.45, 7) is 8.32. The Bertz CT molecular complexity index is 700. The minimum Gasteiger partial charge on any atom is -0.346 e. The van der Waals surface area contributed by atoms with Crippen LogP contribution in [0.2, 0.25) is 0 Å². The predicted molar refractivity (Wildman–Crippen MR) is 103 cm³/mol. The molecular weight excluding hydrogens is 362 g/mol. The zero-order valence-corrected chi connectivity index (χ0v) is 17.3. The highest BCUT2D eigenvalue weighted by Crippen LogP contribution is 2.24. The van der Waals surface area contributed by atoms with Gasteiger partial charge in [-0.3, -0.25) is 9.69 Å². The third kappa shape index (κ3) is 5.72. The van der Waals surface area contributed by atoms with Crippen LogP contribution in [0.15, 0.2) is 12.1 Å². The van der Waals surface area contributed by atoms with Gasteiger partial charge in [0.1, 0.15) is 15.5 Å². The maximum atomic E-state index is 12.6. The van der Waals surface area contributed by atoms with Gasteiger partial charge in [0.25, 0.3) is 5.91 Å². The molecule has 1 aromatic rings. The van der Waals surface area contributed by atoms with Gasteiger partial charge in [-0.2, -0.15) is 0 Å². The third-order valence-corrected chi connectivity index (χ3v) is 5.92. The lowest BCUT2D eigenvalue weighted by atomic mass is 9.91. The fraction of sp³-hybridized carbons (Fsp3) is 0.706. The van der Waals surface area contributed by atoms with Crippen LogP contribution in [-0.4, -0.2) is 61.5 Å². The number of rotatable bonds is 6. The molecule has 1 aromatic heterocycles. The Balaban J connectivity index is 0.00000312. The van der Waals surface area contributed by atoms with Gasteiger partial charge >= 0.3 is 0 Å². The topological polar surface area (TPSA) is 71.4 Å². The van der Waals surface area contributed by atoms with Crippen LogP contribution in [0.25, 0.3) is 0 Å². The second-order valence-electron chi connectivity index (χ2n) is 7.30. The molecular formula is C17H30ClN3O3S. The molecule has 1 aliphatic rings. The lowest BCUT2D eigenvalue weighted by molar-refractivity contribution is 0.0917. The summed E-state index contributed by atoms with van der Waals surface area (Å²) in [5.74, 6) is 0.852. The summed E-state index contributed by atoms with van der Waals surface area (Å²) in [5, 5.41) is 3.16. The van der Waals surface area contributed by atoms with Crippen molar-refractivity contribution in [2.75, 3.05) is 31.6 Å². The number of nitrogens with one attached hydrogen (secondary N) is 1. The standard InChI is InChI=1S/C17H29N3O3S.ClH/c1-12(2)14-10-20(8-9-24(5,22)23)11-15(14)18-17(21)16-7-6-13(3)19(16)4;/h6-7,12,14-15H,8-11H2,1-5H3,(H,18,21);1H/t14-,15+;/m1./s1. The molecule has 1 N–H and O–H groups in total. The van der Waals surface area contributed by atoms with Crippen LogP contribution in [0.4, 0.5) is 0 Å². The first-order valence-electron chi connectivity index (χ1n) is 8.41. The van der Waals surface area contributed by atoms with Crippen LogP contribution >= 0.6 is 12.4 Å². The van der Waals surface area contributed by atoms with Gasteiger partial charge in [-0.05, 0) is 30.9 Å². The van der Waals surface area contributed by atoms with E-state index < -0.39 is 9.84 Å². The van der Waals surface area contributed by atoms with Crippen molar-refractivity contribution in [1.29, 1.82) is 0 Å². The minimum absolute atomic E-state index is 0. The Kier molecular flexibility index (Phi) is 7.53. The van der Waals surface area contributed by atoms with Crippen molar-refractivity contribution in [3.63, 3.8) is 0 Å². The van der Waals surface area contributed by atoms with E-state index in [0.717, 1.165) is 12.2 Å². The molecule has 0 spiro atoms. The van der Waals surface area contributed by atoms with Crippen LogP contribution in [0.3, 0.4) is 0 Å². The van der Waals surface area contributed by atoms with Gasteiger partial charge in [0.15, 0.2) is 0 Å². The number of sulfone groups is 1. The maximum absolute atomic E-state index is 12.6. The first-order chi connectivity index (χ1) is 11.1. The highest BCUT2D eigenvalue weighted by atomic mass is 35.5. The molecule has 0 aliphatic carbocycles. The molecule has 1 aliphatic heterocycles. The maximum Gasteiger partial charge on any atom is 0.268 e. The normalized spacial score (nSPS) is 21.4. The van der Waals surface area contributed by atoms with Crippen molar-refractivity contribution in [2.24, 2.45) is 18.9 Å². The van der Waals surface area contributed by atoms with Crippen molar-refractivity contribution in [1.82, 2.24) is 14.8 Å². The van der Waals surface area contributed by atoms with Crippen LogP contribution in [0, 0.1) is 18.8 Å². The van der Waals surface area contributed by atoms with E-state index in [-0.39, 0.29) is 30.1 Å². The van der Waals surface area contributed by atoms with E-state index in [1.54, 1.807) is 0 Å².